The first kappa shape index (κ1) is 13.7. The monoisotopic (exact) mass is 280 g/mol. The fourth-order valence-corrected chi connectivity index (χ4v) is 2.65. The molecular weight excluding hydrogens is 263 g/mol. The van der Waals surface area contributed by atoms with Gasteiger partial charge < -0.3 is 5.32 Å². The molecule has 3 heteroatoms. The summed E-state index contributed by atoms with van der Waals surface area (Å²) < 4.78 is 13.0. The Balaban J connectivity index is 1.96. The lowest BCUT2D eigenvalue weighted by atomic mass is 9.95. The molecule has 0 radical (unpaired) electrons. The highest BCUT2D eigenvalue weighted by atomic mass is 19.1. The third kappa shape index (κ3) is 2.93. The Morgan fingerprint density at radius 2 is 1.86 bits per heavy atom. The van der Waals surface area contributed by atoms with Crippen LogP contribution in [0, 0.1) is 5.82 Å². The maximum absolute atomic E-state index is 13.0. The van der Waals surface area contributed by atoms with Crippen LogP contribution in [0.3, 0.4) is 0 Å². The molecule has 1 unspecified atom stereocenters. The number of likely N-dealkylation sites (N-methyl/N-ethyl adjacent to an activating group) is 1. The smallest absolute Gasteiger partial charge is 0.123 e. The largest absolute Gasteiger partial charge is 0.313 e. The van der Waals surface area contributed by atoms with E-state index in [1.165, 1.54) is 17.7 Å². The number of nitrogens with one attached hydrogen (secondary N) is 1. The average Bonchev–Trinajstić information content (AvgIpc) is 2.54. The van der Waals surface area contributed by atoms with Crippen molar-refractivity contribution in [2.45, 2.75) is 12.5 Å². The average molecular weight is 280 g/mol. The molecule has 0 aliphatic rings. The Morgan fingerprint density at radius 1 is 1.05 bits per heavy atom. The fourth-order valence-electron chi connectivity index (χ4n) is 2.65. The van der Waals surface area contributed by atoms with Crippen molar-refractivity contribution in [1.29, 1.82) is 0 Å². The minimum absolute atomic E-state index is 0.170. The van der Waals surface area contributed by atoms with Gasteiger partial charge in [0.15, 0.2) is 0 Å². The Kier molecular flexibility index (Phi) is 3.93. The molecule has 0 saturated heterocycles. The van der Waals surface area contributed by atoms with Gasteiger partial charge in [-0.3, -0.25) is 4.98 Å². The number of hydrogen-bond donors (Lipinski definition) is 1. The molecule has 0 aliphatic heterocycles. The first-order valence-electron chi connectivity index (χ1n) is 7.03. The molecule has 1 aromatic heterocycles. The van der Waals surface area contributed by atoms with Crippen molar-refractivity contribution in [1.82, 2.24) is 10.3 Å². The third-order valence-electron chi connectivity index (χ3n) is 3.76. The molecule has 1 heterocycles. The Labute approximate surface area is 123 Å². The zero-order chi connectivity index (χ0) is 14.7. The van der Waals surface area contributed by atoms with Gasteiger partial charge in [0.1, 0.15) is 5.82 Å². The fraction of sp³-hybridized carbons (Fsp3) is 0.167. The molecule has 0 bridgehead atoms. The molecule has 3 aromatic rings. The molecule has 3 rings (SSSR count). The van der Waals surface area contributed by atoms with E-state index < -0.39 is 0 Å². The van der Waals surface area contributed by atoms with Crippen LogP contribution in [0.15, 0.2) is 60.8 Å². The SMILES string of the molecule is CNC(Cc1ccc(F)cc1)c1cccc2ncccc12. The lowest BCUT2D eigenvalue weighted by Gasteiger charge is -2.18. The first-order chi connectivity index (χ1) is 10.3. The number of fused-ring (bicyclic) bond motifs is 1. The van der Waals surface area contributed by atoms with Gasteiger partial charge in [0.2, 0.25) is 0 Å². The minimum atomic E-state index is -0.200. The van der Waals surface area contributed by atoms with E-state index in [1.54, 1.807) is 6.20 Å². The van der Waals surface area contributed by atoms with E-state index >= 15 is 0 Å². The standard InChI is InChI=1S/C18H17FN2/c1-20-18(12-13-7-9-14(19)10-8-13)16-4-2-6-17-15(16)5-3-11-21-17/h2-11,18,20H,12H2,1H3. The van der Waals surface area contributed by atoms with Gasteiger partial charge in [0.05, 0.1) is 5.52 Å². The van der Waals surface area contributed by atoms with Gasteiger partial charge in [0.25, 0.3) is 0 Å². The molecule has 1 N–H and O–H groups in total. The van der Waals surface area contributed by atoms with E-state index in [9.17, 15) is 4.39 Å². The van der Waals surface area contributed by atoms with Crippen LogP contribution in [0.4, 0.5) is 4.39 Å². The highest BCUT2D eigenvalue weighted by Crippen LogP contribution is 2.25. The number of pyridine rings is 1. The summed E-state index contributed by atoms with van der Waals surface area (Å²) in [6.07, 6.45) is 2.62. The molecular formula is C18H17FN2. The number of benzene rings is 2. The predicted molar refractivity (Wildman–Crippen MR) is 83.6 cm³/mol. The van der Waals surface area contributed by atoms with Crippen LogP contribution in [0.2, 0.25) is 0 Å². The van der Waals surface area contributed by atoms with Crippen molar-refractivity contribution in [3.05, 3.63) is 77.7 Å². The Morgan fingerprint density at radius 3 is 2.62 bits per heavy atom. The van der Waals surface area contributed by atoms with Gasteiger partial charge in [-0.2, -0.15) is 0 Å². The lowest BCUT2D eigenvalue weighted by molar-refractivity contribution is 0.592. The number of hydrogen-bond acceptors (Lipinski definition) is 2. The van der Waals surface area contributed by atoms with Gasteiger partial charge >= 0.3 is 0 Å². The van der Waals surface area contributed by atoms with E-state index in [1.807, 2.05) is 37.4 Å². The molecule has 2 aromatic carbocycles. The minimum Gasteiger partial charge on any atom is -0.313 e. The van der Waals surface area contributed by atoms with E-state index in [0.29, 0.717) is 0 Å². The number of halogens is 1. The molecule has 0 spiro atoms. The summed E-state index contributed by atoms with van der Waals surface area (Å²) in [5.41, 5.74) is 3.32. The summed E-state index contributed by atoms with van der Waals surface area (Å²) in [7, 11) is 1.95. The van der Waals surface area contributed by atoms with Crippen LogP contribution in [-0.2, 0) is 6.42 Å². The van der Waals surface area contributed by atoms with Crippen LogP contribution < -0.4 is 5.32 Å². The van der Waals surface area contributed by atoms with Crippen LogP contribution >= 0.6 is 0 Å². The molecule has 0 aliphatic carbocycles. The van der Waals surface area contributed by atoms with E-state index in [0.717, 1.165) is 22.9 Å². The topological polar surface area (TPSA) is 24.9 Å². The normalized spacial score (nSPS) is 12.5. The third-order valence-corrected chi connectivity index (χ3v) is 3.76. The summed E-state index contributed by atoms with van der Waals surface area (Å²) >= 11 is 0. The van der Waals surface area contributed by atoms with E-state index in [2.05, 4.69) is 22.4 Å². The molecule has 21 heavy (non-hydrogen) atoms. The van der Waals surface area contributed by atoms with Crippen LogP contribution in [0.1, 0.15) is 17.2 Å². The lowest BCUT2D eigenvalue weighted by Crippen LogP contribution is -2.19. The van der Waals surface area contributed by atoms with Crippen molar-refractivity contribution in [3.8, 4) is 0 Å². The molecule has 106 valence electrons. The van der Waals surface area contributed by atoms with Crippen LogP contribution in [0.25, 0.3) is 10.9 Å². The maximum Gasteiger partial charge on any atom is 0.123 e. The zero-order valence-electron chi connectivity index (χ0n) is 11.9. The predicted octanol–water partition coefficient (Wildman–Crippen LogP) is 3.88. The Bertz CT molecular complexity index is 732. The molecule has 1 atom stereocenters. The number of nitrogens with zero attached hydrogens (tertiary/aromatic N) is 1. The van der Waals surface area contributed by atoms with Crippen molar-refractivity contribution in [3.63, 3.8) is 0 Å². The van der Waals surface area contributed by atoms with Crippen molar-refractivity contribution in [2.24, 2.45) is 0 Å². The van der Waals surface area contributed by atoms with E-state index in [-0.39, 0.29) is 11.9 Å². The van der Waals surface area contributed by atoms with Crippen molar-refractivity contribution < 1.29 is 4.39 Å². The number of aromatic nitrogens is 1. The van der Waals surface area contributed by atoms with Gasteiger partial charge in [-0.25, -0.2) is 4.39 Å². The highest BCUT2D eigenvalue weighted by Gasteiger charge is 2.13. The second-order valence-corrected chi connectivity index (χ2v) is 5.09. The quantitative estimate of drug-likeness (QED) is 0.784. The van der Waals surface area contributed by atoms with Crippen molar-refractivity contribution in [2.75, 3.05) is 7.05 Å². The van der Waals surface area contributed by atoms with Gasteiger partial charge in [-0.1, -0.05) is 30.3 Å². The summed E-state index contributed by atoms with van der Waals surface area (Å²) in [6, 6.07) is 17.1. The summed E-state index contributed by atoms with van der Waals surface area (Å²) in [5, 5.41) is 4.51. The molecule has 0 amide bonds. The van der Waals surface area contributed by atoms with Gasteiger partial charge in [-0.05, 0) is 48.9 Å². The summed E-state index contributed by atoms with van der Waals surface area (Å²) in [4.78, 5) is 4.40. The van der Waals surface area contributed by atoms with Crippen molar-refractivity contribution >= 4 is 10.9 Å². The van der Waals surface area contributed by atoms with Crippen LogP contribution in [-0.4, -0.2) is 12.0 Å². The first-order valence-corrected chi connectivity index (χ1v) is 7.03. The Hall–Kier alpha value is -2.26. The molecule has 0 saturated carbocycles. The molecule has 2 nitrogen and oxygen atoms in total. The van der Waals surface area contributed by atoms with Gasteiger partial charge in [0, 0.05) is 17.6 Å². The van der Waals surface area contributed by atoms with Gasteiger partial charge in [-0.15, -0.1) is 0 Å². The second kappa shape index (κ2) is 6.02. The number of rotatable bonds is 4. The molecule has 0 fully saturated rings. The van der Waals surface area contributed by atoms with E-state index in [4.69, 9.17) is 0 Å². The zero-order valence-corrected chi connectivity index (χ0v) is 11.9. The second-order valence-electron chi connectivity index (χ2n) is 5.09. The van der Waals surface area contributed by atoms with Crippen LogP contribution in [0.5, 0.6) is 0 Å². The maximum atomic E-state index is 13.0. The summed E-state index contributed by atoms with van der Waals surface area (Å²) in [6.45, 7) is 0. The summed E-state index contributed by atoms with van der Waals surface area (Å²) in [5.74, 6) is -0.200. The highest BCUT2D eigenvalue weighted by molar-refractivity contribution is 5.82.